The number of rotatable bonds is 3. The van der Waals surface area contributed by atoms with Crippen molar-refractivity contribution in [2.24, 2.45) is 0 Å². The minimum atomic E-state index is -4.98. The van der Waals surface area contributed by atoms with Crippen LogP contribution in [0.4, 0.5) is 22.0 Å². The molecule has 8 heteroatoms. The lowest BCUT2D eigenvalue weighted by atomic mass is 10.1. The van der Waals surface area contributed by atoms with Crippen molar-refractivity contribution in [2.45, 2.75) is 12.6 Å². The molecule has 0 aliphatic heterocycles. The Morgan fingerprint density at radius 1 is 1.41 bits per heavy atom. The standard InChI is InChI=1S/C9H6F5NO2/c1-17-6-5(8(10)11)2-4(3-16)15-7(6)9(12,13)14/h2-3,8H,1H3. The highest BCUT2D eigenvalue weighted by Gasteiger charge is 2.39. The molecule has 0 saturated carbocycles. The zero-order valence-electron chi connectivity index (χ0n) is 8.39. The number of aromatic nitrogens is 1. The summed E-state index contributed by atoms with van der Waals surface area (Å²) in [5.41, 5.74) is -3.38. The summed E-state index contributed by atoms with van der Waals surface area (Å²) in [6.45, 7) is 0. The summed E-state index contributed by atoms with van der Waals surface area (Å²) in [5.74, 6) is -1.07. The number of hydrogen-bond donors (Lipinski definition) is 0. The molecule has 0 N–H and O–H groups in total. The van der Waals surface area contributed by atoms with E-state index in [1.807, 2.05) is 0 Å². The van der Waals surface area contributed by atoms with Crippen LogP contribution in [0, 0.1) is 0 Å². The molecule has 0 saturated heterocycles. The highest BCUT2D eigenvalue weighted by atomic mass is 19.4. The second-order valence-electron chi connectivity index (χ2n) is 2.93. The van der Waals surface area contributed by atoms with Crippen molar-refractivity contribution in [2.75, 3.05) is 7.11 Å². The molecule has 1 heterocycles. The molecule has 1 rings (SSSR count). The Labute approximate surface area is 92.2 Å². The van der Waals surface area contributed by atoms with Gasteiger partial charge >= 0.3 is 6.18 Å². The Hall–Kier alpha value is -1.73. The van der Waals surface area contributed by atoms with Crippen LogP contribution < -0.4 is 4.74 Å². The Morgan fingerprint density at radius 2 is 2.00 bits per heavy atom. The number of hydrogen-bond acceptors (Lipinski definition) is 3. The Morgan fingerprint density at radius 3 is 2.35 bits per heavy atom. The van der Waals surface area contributed by atoms with E-state index in [2.05, 4.69) is 9.72 Å². The fourth-order valence-electron chi connectivity index (χ4n) is 1.20. The second-order valence-corrected chi connectivity index (χ2v) is 2.93. The zero-order valence-corrected chi connectivity index (χ0v) is 8.39. The topological polar surface area (TPSA) is 39.2 Å². The number of carbonyl (C=O) groups is 1. The first-order chi connectivity index (χ1) is 7.81. The van der Waals surface area contributed by atoms with Gasteiger partial charge in [0.2, 0.25) is 0 Å². The lowest BCUT2D eigenvalue weighted by Crippen LogP contribution is -2.14. The fourth-order valence-corrected chi connectivity index (χ4v) is 1.20. The zero-order chi connectivity index (χ0) is 13.2. The third-order valence-corrected chi connectivity index (χ3v) is 1.85. The Balaban J connectivity index is 3.56. The van der Waals surface area contributed by atoms with E-state index in [0.29, 0.717) is 6.07 Å². The van der Waals surface area contributed by atoms with Gasteiger partial charge in [-0.15, -0.1) is 0 Å². The highest BCUT2D eigenvalue weighted by molar-refractivity contribution is 5.73. The van der Waals surface area contributed by atoms with Crippen LogP contribution in [0.1, 0.15) is 28.2 Å². The molecule has 0 fully saturated rings. The Bertz CT molecular complexity index is 430. The molecule has 0 aromatic carbocycles. The quantitative estimate of drug-likeness (QED) is 0.615. The Kier molecular flexibility index (Phi) is 3.64. The average molecular weight is 255 g/mol. The van der Waals surface area contributed by atoms with E-state index >= 15 is 0 Å². The van der Waals surface area contributed by atoms with E-state index in [1.165, 1.54) is 0 Å². The lowest BCUT2D eigenvalue weighted by molar-refractivity contribution is -0.142. The van der Waals surface area contributed by atoms with E-state index in [1.54, 1.807) is 0 Å². The first-order valence-electron chi connectivity index (χ1n) is 4.20. The van der Waals surface area contributed by atoms with Crippen molar-refractivity contribution in [3.8, 4) is 5.75 Å². The van der Waals surface area contributed by atoms with Gasteiger partial charge < -0.3 is 4.74 Å². The van der Waals surface area contributed by atoms with Gasteiger partial charge in [-0.1, -0.05) is 0 Å². The van der Waals surface area contributed by atoms with Gasteiger partial charge in [0.15, 0.2) is 17.7 Å². The summed E-state index contributed by atoms with van der Waals surface area (Å²) in [5, 5.41) is 0. The minimum absolute atomic E-state index is 0.0411. The molecule has 0 atom stereocenters. The van der Waals surface area contributed by atoms with Crippen LogP contribution in [0.15, 0.2) is 6.07 Å². The van der Waals surface area contributed by atoms with Crippen molar-refractivity contribution in [1.82, 2.24) is 4.98 Å². The second kappa shape index (κ2) is 4.64. The first-order valence-corrected chi connectivity index (χ1v) is 4.20. The maximum atomic E-state index is 12.5. The van der Waals surface area contributed by atoms with Crippen LogP contribution in [-0.4, -0.2) is 18.4 Å². The number of alkyl halides is 5. The molecule has 0 unspecified atom stereocenters. The molecule has 1 aromatic heterocycles. The average Bonchev–Trinajstić information content (AvgIpc) is 2.25. The predicted octanol–water partition coefficient (Wildman–Crippen LogP) is 2.86. The molecule has 94 valence electrons. The van der Waals surface area contributed by atoms with Gasteiger partial charge in [0, 0.05) is 0 Å². The molecule has 0 amide bonds. The molecule has 17 heavy (non-hydrogen) atoms. The predicted molar refractivity (Wildman–Crippen MR) is 46.1 cm³/mol. The van der Waals surface area contributed by atoms with Crippen LogP contribution >= 0.6 is 0 Å². The normalized spacial score (nSPS) is 11.7. The summed E-state index contributed by atoms with van der Waals surface area (Å²) in [6.07, 6.45) is -8.22. The molecular formula is C9H6F5NO2. The third kappa shape index (κ3) is 2.69. The number of carbonyl (C=O) groups excluding carboxylic acids is 1. The summed E-state index contributed by atoms with van der Waals surface area (Å²) < 4.78 is 66.8. The van der Waals surface area contributed by atoms with Crippen molar-refractivity contribution in [3.63, 3.8) is 0 Å². The monoisotopic (exact) mass is 255 g/mol. The maximum absolute atomic E-state index is 12.5. The molecule has 0 aliphatic carbocycles. The number of halogens is 5. The van der Waals surface area contributed by atoms with Gasteiger partial charge in [-0.25, -0.2) is 13.8 Å². The summed E-state index contributed by atoms with van der Waals surface area (Å²) in [7, 11) is 0.818. The number of methoxy groups -OCH3 is 1. The largest absolute Gasteiger partial charge is 0.494 e. The summed E-state index contributed by atoms with van der Waals surface area (Å²) >= 11 is 0. The van der Waals surface area contributed by atoms with E-state index in [-0.39, 0.29) is 6.29 Å². The summed E-state index contributed by atoms with van der Waals surface area (Å²) in [4.78, 5) is 13.3. The number of pyridine rings is 1. The summed E-state index contributed by atoms with van der Waals surface area (Å²) in [6, 6.07) is 0.561. The van der Waals surface area contributed by atoms with E-state index < -0.39 is 35.3 Å². The van der Waals surface area contributed by atoms with Crippen molar-refractivity contribution >= 4 is 6.29 Å². The third-order valence-electron chi connectivity index (χ3n) is 1.85. The van der Waals surface area contributed by atoms with Crippen molar-refractivity contribution in [3.05, 3.63) is 23.0 Å². The number of aldehydes is 1. The molecule has 1 aromatic rings. The van der Waals surface area contributed by atoms with Gasteiger partial charge in [-0.3, -0.25) is 4.79 Å². The lowest BCUT2D eigenvalue weighted by Gasteiger charge is -2.14. The van der Waals surface area contributed by atoms with E-state index in [9.17, 15) is 26.7 Å². The number of nitrogens with zero attached hydrogens (tertiary/aromatic N) is 1. The minimum Gasteiger partial charge on any atom is -0.494 e. The number of ether oxygens (including phenoxy) is 1. The van der Waals surface area contributed by atoms with Crippen molar-refractivity contribution < 1.29 is 31.5 Å². The van der Waals surface area contributed by atoms with Crippen LogP contribution in [0.2, 0.25) is 0 Å². The maximum Gasteiger partial charge on any atom is 0.437 e. The SMILES string of the molecule is COc1c(C(F)F)cc(C=O)nc1C(F)(F)F. The van der Waals surface area contributed by atoms with Gasteiger partial charge in [-0.2, -0.15) is 13.2 Å². The molecule has 0 aliphatic rings. The molecular weight excluding hydrogens is 249 g/mol. The van der Waals surface area contributed by atoms with Crippen molar-refractivity contribution in [1.29, 1.82) is 0 Å². The molecule has 3 nitrogen and oxygen atoms in total. The molecule has 0 radical (unpaired) electrons. The smallest absolute Gasteiger partial charge is 0.437 e. The fraction of sp³-hybridized carbons (Fsp3) is 0.333. The van der Waals surface area contributed by atoms with Gasteiger partial charge in [0.1, 0.15) is 5.69 Å². The highest BCUT2D eigenvalue weighted by Crippen LogP contribution is 2.40. The van der Waals surface area contributed by atoms with Crippen LogP contribution in [-0.2, 0) is 6.18 Å². The van der Waals surface area contributed by atoms with Gasteiger partial charge in [-0.05, 0) is 6.07 Å². The van der Waals surface area contributed by atoms with Crippen LogP contribution in [0.25, 0.3) is 0 Å². The van der Waals surface area contributed by atoms with Crippen LogP contribution in [0.3, 0.4) is 0 Å². The van der Waals surface area contributed by atoms with E-state index in [4.69, 9.17) is 0 Å². The first kappa shape index (κ1) is 13.3. The van der Waals surface area contributed by atoms with Crippen LogP contribution in [0.5, 0.6) is 5.75 Å². The molecule has 0 spiro atoms. The van der Waals surface area contributed by atoms with E-state index in [0.717, 1.165) is 7.11 Å². The van der Waals surface area contributed by atoms with Gasteiger partial charge in [0.05, 0.1) is 12.7 Å². The van der Waals surface area contributed by atoms with Gasteiger partial charge in [0.25, 0.3) is 6.43 Å². The molecule has 0 bridgehead atoms.